The van der Waals surface area contributed by atoms with Gasteiger partial charge in [-0.25, -0.2) is 0 Å². The van der Waals surface area contributed by atoms with Gasteiger partial charge in [-0.1, -0.05) is 27.7 Å². The predicted octanol–water partition coefficient (Wildman–Crippen LogP) is 3.54. The summed E-state index contributed by atoms with van der Waals surface area (Å²) in [4.78, 5) is 11.4. The van der Waals surface area contributed by atoms with Crippen molar-refractivity contribution in [3.63, 3.8) is 0 Å². The Bertz CT molecular complexity index is 213. The van der Waals surface area contributed by atoms with Crippen LogP contribution in [0.1, 0.15) is 59.8 Å². The smallest absolute Gasteiger partial charge is 0.306 e. The van der Waals surface area contributed by atoms with Crippen LogP contribution in [0.25, 0.3) is 0 Å². The number of carbonyl (C=O) groups excluding carboxylic acids is 1. The maximum absolute atomic E-state index is 11.4. The summed E-state index contributed by atoms with van der Waals surface area (Å²) in [6.45, 7) is 8.48. The van der Waals surface area contributed by atoms with E-state index in [0.717, 1.165) is 18.8 Å². The molecule has 0 amide bonds. The van der Waals surface area contributed by atoms with Crippen LogP contribution in [0, 0.1) is 11.8 Å². The van der Waals surface area contributed by atoms with Gasteiger partial charge in [0.15, 0.2) is 0 Å². The molecule has 0 aliphatic heterocycles. The van der Waals surface area contributed by atoms with Crippen molar-refractivity contribution in [2.24, 2.45) is 11.8 Å². The third kappa shape index (κ3) is 2.96. The minimum absolute atomic E-state index is 0.0433. The third-order valence-corrected chi connectivity index (χ3v) is 3.78. The summed E-state index contributed by atoms with van der Waals surface area (Å²) in [6, 6.07) is 0. The molecule has 0 aromatic rings. The van der Waals surface area contributed by atoms with Gasteiger partial charge in [-0.3, -0.25) is 4.79 Å². The van der Waals surface area contributed by atoms with Crippen molar-refractivity contribution in [2.45, 2.75) is 65.4 Å². The first-order valence-corrected chi connectivity index (χ1v) is 6.22. The summed E-state index contributed by atoms with van der Waals surface area (Å²) < 4.78 is 5.70. The zero-order chi connectivity index (χ0) is 11.5. The maximum Gasteiger partial charge on any atom is 0.306 e. The fraction of sp³-hybridized carbons (Fsp3) is 0.923. The lowest BCUT2D eigenvalue weighted by atomic mass is 9.73. The molecule has 0 N–H and O–H groups in total. The summed E-state index contributed by atoms with van der Waals surface area (Å²) in [7, 11) is 0. The van der Waals surface area contributed by atoms with Gasteiger partial charge in [0.2, 0.25) is 0 Å². The van der Waals surface area contributed by atoms with E-state index in [-0.39, 0.29) is 11.6 Å². The Morgan fingerprint density at radius 3 is 2.33 bits per heavy atom. The number of hydrogen-bond donors (Lipinski definition) is 0. The number of hydrogen-bond acceptors (Lipinski definition) is 2. The van der Waals surface area contributed by atoms with E-state index in [1.54, 1.807) is 0 Å². The second kappa shape index (κ2) is 5.00. The summed E-state index contributed by atoms with van der Waals surface area (Å²) >= 11 is 0. The normalized spacial score (nSPS) is 31.7. The average Bonchev–Trinajstić information content (AvgIpc) is 2.21. The molecular weight excluding hydrogens is 188 g/mol. The van der Waals surface area contributed by atoms with Crippen molar-refractivity contribution in [2.75, 3.05) is 0 Å². The third-order valence-electron chi connectivity index (χ3n) is 3.78. The van der Waals surface area contributed by atoms with Crippen LogP contribution in [0.15, 0.2) is 0 Å². The van der Waals surface area contributed by atoms with Crippen LogP contribution in [-0.2, 0) is 9.53 Å². The molecule has 88 valence electrons. The topological polar surface area (TPSA) is 26.3 Å². The minimum Gasteiger partial charge on any atom is -0.459 e. The van der Waals surface area contributed by atoms with Gasteiger partial charge in [0.25, 0.3) is 0 Å². The van der Waals surface area contributed by atoms with Crippen LogP contribution in [0.4, 0.5) is 0 Å². The second-order valence-electron chi connectivity index (χ2n) is 5.23. The molecule has 0 aromatic carbocycles. The molecule has 2 heteroatoms. The first kappa shape index (κ1) is 12.5. The summed E-state index contributed by atoms with van der Waals surface area (Å²) in [6.07, 6.45) is 4.95. The van der Waals surface area contributed by atoms with Crippen molar-refractivity contribution < 1.29 is 9.53 Å². The second-order valence-corrected chi connectivity index (χ2v) is 5.23. The predicted molar refractivity (Wildman–Crippen MR) is 61.6 cm³/mol. The highest BCUT2D eigenvalue weighted by molar-refractivity contribution is 5.69. The Hall–Kier alpha value is -0.530. The molecule has 1 rings (SSSR count). The number of esters is 1. The van der Waals surface area contributed by atoms with Crippen LogP contribution in [0.5, 0.6) is 0 Å². The van der Waals surface area contributed by atoms with Gasteiger partial charge in [0.1, 0.15) is 5.60 Å². The number of carbonyl (C=O) groups is 1. The quantitative estimate of drug-likeness (QED) is 0.669. The molecule has 1 aliphatic rings. The van der Waals surface area contributed by atoms with E-state index >= 15 is 0 Å². The van der Waals surface area contributed by atoms with Crippen LogP contribution in [0.2, 0.25) is 0 Å². The molecule has 2 nitrogen and oxygen atoms in total. The molecule has 15 heavy (non-hydrogen) atoms. The maximum atomic E-state index is 11.4. The number of rotatable bonds is 3. The highest BCUT2D eigenvalue weighted by Gasteiger charge is 2.40. The summed E-state index contributed by atoms with van der Waals surface area (Å²) in [5.41, 5.74) is -0.167. The van der Waals surface area contributed by atoms with E-state index in [4.69, 9.17) is 4.74 Å². The Labute approximate surface area is 93.4 Å². The lowest BCUT2D eigenvalue weighted by molar-refractivity contribution is -0.170. The van der Waals surface area contributed by atoms with Gasteiger partial charge in [0.05, 0.1) is 0 Å². The molecule has 1 saturated carbocycles. The van der Waals surface area contributed by atoms with Crippen molar-refractivity contribution in [1.29, 1.82) is 0 Å². The van der Waals surface area contributed by atoms with Gasteiger partial charge in [-0.15, -0.1) is 0 Å². The number of ether oxygens (including phenoxy) is 1. The van der Waals surface area contributed by atoms with Crippen molar-refractivity contribution >= 4 is 5.97 Å². The van der Waals surface area contributed by atoms with Gasteiger partial charge in [-0.05, 0) is 37.5 Å². The zero-order valence-corrected chi connectivity index (χ0v) is 10.5. The van der Waals surface area contributed by atoms with E-state index in [0.29, 0.717) is 12.3 Å². The molecular formula is C13H24O2. The van der Waals surface area contributed by atoms with Crippen LogP contribution >= 0.6 is 0 Å². The average molecular weight is 212 g/mol. The van der Waals surface area contributed by atoms with Crippen LogP contribution < -0.4 is 0 Å². The lowest BCUT2D eigenvalue weighted by Crippen LogP contribution is -2.43. The van der Waals surface area contributed by atoms with Crippen molar-refractivity contribution in [1.82, 2.24) is 0 Å². The molecule has 0 spiro atoms. The fourth-order valence-electron chi connectivity index (χ4n) is 2.35. The SMILES string of the molecule is CCC(=O)OC1(C(C)C)CCC(C)CC1. The molecule has 0 unspecified atom stereocenters. The Balaban J connectivity index is 2.67. The first-order valence-electron chi connectivity index (χ1n) is 6.22. The van der Waals surface area contributed by atoms with Gasteiger partial charge in [0, 0.05) is 6.42 Å². The molecule has 0 radical (unpaired) electrons. The van der Waals surface area contributed by atoms with Gasteiger partial charge < -0.3 is 4.74 Å². The monoisotopic (exact) mass is 212 g/mol. The largest absolute Gasteiger partial charge is 0.459 e. The lowest BCUT2D eigenvalue weighted by Gasteiger charge is -2.42. The molecule has 0 heterocycles. The van der Waals surface area contributed by atoms with Crippen molar-refractivity contribution in [3.8, 4) is 0 Å². The standard InChI is InChI=1S/C13H24O2/c1-5-12(14)15-13(10(2)3)8-6-11(4)7-9-13/h10-11H,5-9H2,1-4H3. The molecule has 0 aromatic heterocycles. The molecule has 1 fully saturated rings. The van der Waals surface area contributed by atoms with Gasteiger partial charge in [-0.2, -0.15) is 0 Å². The Kier molecular flexibility index (Phi) is 4.18. The summed E-state index contributed by atoms with van der Waals surface area (Å²) in [5.74, 6) is 1.18. The van der Waals surface area contributed by atoms with Gasteiger partial charge >= 0.3 is 5.97 Å². The Morgan fingerprint density at radius 2 is 1.93 bits per heavy atom. The van der Waals surface area contributed by atoms with E-state index in [9.17, 15) is 4.79 Å². The fourth-order valence-corrected chi connectivity index (χ4v) is 2.35. The molecule has 0 bridgehead atoms. The van der Waals surface area contributed by atoms with E-state index in [1.807, 2.05) is 6.92 Å². The minimum atomic E-state index is -0.167. The first-order chi connectivity index (χ1) is 7.00. The van der Waals surface area contributed by atoms with E-state index < -0.39 is 0 Å². The van der Waals surface area contributed by atoms with E-state index in [1.165, 1.54) is 12.8 Å². The van der Waals surface area contributed by atoms with Crippen molar-refractivity contribution in [3.05, 3.63) is 0 Å². The molecule has 0 saturated heterocycles. The zero-order valence-electron chi connectivity index (χ0n) is 10.5. The molecule has 0 atom stereocenters. The highest BCUT2D eigenvalue weighted by atomic mass is 16.6. The molecule has 1 aliphatic carbocycles. The van der Waals surface area contributed by atoms with E-state index in [2.05, 4.69) is 20.8 Å². The Morgan fingerprint density at radius 1 is 1.40 bits per heavy atom. The summed E-state index contributed by atoms with van der Waals surface area (Å²) in [5, 5.41) is 0. The van der Waals surface area contributed by atoms with Crippen LogP contribution in [-0.4, -0.2) is 11.6 Å². The van der Waals surface area contributed by atoms with Crippen LogP contribution in [0.3, 0.4) is 0 Å². The highest BCUT2D eigenvalue weighted by Crippen LogP contribution is 2.40.